The van der Waals surface area contributed by atoms with Crippen LogP contribution < -0.4 is 16.4 Å². The summed E-state index contributed by atoms with van der Waals surface area (Å²) in [4.78, 5) is 16.2. The maximum atomic E-state index is 11.8. The van der Waals surface area contributed by atoms with E-state index in [0.29, 0.717) is 23.2 Å². The van der Waals surface area contributed by atoms with Crippen LogP contribution in [0, 0.1) is 12.3 Å². The number of ether oxygens (including phenoxy) is 1. The highest BCUT2D eigenvalue weighted by Gasteiger charge is 2.16. The minimum atomic E-state index is -0.344. The van der Waals surface area contributed by atoms with Crippen molar-refractivity contribution in [2.24, 2.45) is 0 Å². The molecule has 0 saturated carbocycles. The summed E-state index contributed by atoms with van der Waals surface area (Å²) in [6.45, 7) is 2.87. The lowest BCUT2D eigenvalue weighted by atomic mass is 10.3. The highest BCUT2D eigenvalue weighted by molar-refractivity contribution is 7.18. The Hall–Kier alpha value is -1.78. The molecule has 1 aromatic rings. The number of anilines is 2. The van der Waals surface area contributed by atoms with Crippen LogP contribution in [0.25, 0.3) is 0 Å². The molecule has 1 heterocycles. The molecule has 18 heavy (non-hydrogen) atoms. The Morgan fingerprint density at radius 2 is 2.44 bits per heavy atom. The second kappa shape index (κ2) is 6.83. The lowest BCUT2D eigenvalue weighted by Crippen LogP contribution is -2.31. The fourth-order valence-corrected chi connectivity index (χ4v) is 1.95. The Morgan fingerprint density at radius 3 is 3.06 bits per heavy atom. The van der Waals surface area contributed by atoms with Crippen molar-refractivity contribution >= 4 is 28.2 Å². The normalized spacial score (nSPS) is 11.6. The molecular weight excluding hydrogens is 252 g/mol. The van der Waals surface area contributed by atoms with Crippen LogP contribution in [0.1, 0.15) is 16.6 Å². The van der Waals surface area contributed by atoms with Gasteiger partial charge in [-0.25, -0.2) is 4.98 Å². The minimum Gasteiger partial charge on any atom is -0.383 e. The van der Waals surface area contributed by atoms with Crippen LogP contribution in [-0.2, 0) is 4.74 Å². The van der Waals surface area contributed by atoms with E-state index in [1.54, 1.807) is 14.0 Å². The molecule has 0 aliphatic carbocycles. The Morgan fingerprint density at radius 1 is 1.72 bits per heavy atom. The van der Waals surface area contributed by atoms with E-state index in [1.165, 1.54) is 11.3 Å². The molecule has 1 aromatic heterocycles. The van der Waals surface area contributed by atoms with Gasteiger partial charge in [0.05, 0.1) is 12.6 Å². The number of aromatic nitrogens is 1. The number of rotatable bonds is 6. The summed E-state index contributed by atoms with van der Waals surface area (Å²) in [6.07, 6.45) is 5.19. The third kappa shape index (κ3) is 3.91. The summed E-state index contributed by atoms with van der Waals surface area (Å²) in [5.74, 6) is 2.30. The van der Waals surface area contributed by atoms with E-state index in [1.807, 2.05) is 0 Å². The van der Waals surface area contributed by atoms with Gasteiger partial charge in [-0.2, -0.15) is 0 Å². The Kier molecular flexibility index (Phi) is 5.42. The van der Waals surface area contributed by atoms with Gasteiger partial charge in [-0.3, -0.25) is 4.79 Å². The standard InChI is InChI=1S/C11H16N4O2S/c1-4-7(2)14-10(16)8-9(12)15-11(18-8)13-5-6-17-3/h1,7H,5-6,12H2,2-3H3,(H,13,15)(H,14,16). The molecular formula is C11H16N4O2S. The number of carbonyl (C=O) groups is 1. The summed E-state index contributed by atoms with van der Waals surface area (Å²) in [5.41, 5.74) is 5.68. The van der Waals surface area contributed by atoms with E-state index in [4.69, 9.17) is 16.9 Å². The van der Waals surface area contributed by atoms with Crippen LogP contribution in [0.4, 0.5) is 10.9 Å². The zero-order chi connectivity index (χ0) is 13.5. The molecule has 0 aromatic carbocycles. The lowest BCUT2D eigenvalue weighted by Gasteiger charge is -2.05. The predicted molar refractivity (Wildman–Crippen MR) is 72.7 cm³/mol. The number of thiazole rings is 1. The number of carbonyl (C=O) groups excluding carboxylic acids is 1. The molecule has 1 unspecified atom stereocenters. The van der Waals surface area contributed by atoms with Gasteiger partial charge in [0, 0.05) is 13.7 Å². The van der Waals surface area contributed by atoms with Crippen molar-refractivity contribution in [2.45, 2.75) is 13.0 Å². The quantitative estimate of drug-likeness (QED) is 0.517. The van der Waals surface area contributed by atoms with Crippen LogP contribution in [0.5, 0.6) is 0 Å². The Bertz CT molecular complexity index is 452. The van der Waals surface area contributed by atoms with Crippen molar-refractivity contribution < 1.29 is 9.53 Å². The number of terminal acetylenes is 1. The second-order valence-corrected chi connectivity index (χ2v) is 4.51. The number of hydrogen-bond acceptors (Lipinski definition) is 6. The smallest absolute Gasteiger partial charge is 0.266 e. The first-order valence-corrected chi connectivity index (χ1v) is 6.16. The Labute approximate surface area is 110 Å². The fourth-order valence-electron chi connectivity index (χ4n) is 1.13. The molecule has 0 radical (unpaired) electrons. The first-order valence-electron chi connectivity index (χ1n) is 5.34. The lowest BCUT2D eigenvalue weighted by molar-refractivity contribution is 0.0953. The van der Waals surface area contributed by atoms with Gasteiger partial charge in [0.25, 0.3) is 5.91 Å². The molecule has 1 amide bonds. The van der Waals surface area contributed by atoms with Crippen LogP contribution in [0.3, 0.4) is 0 Å². The fraction of sp³-hybridized carbons (Fsp3) is 0.455. The zero-order valence-electron chi connectivity index (χ0n) is 10.3. The number of methoxy groups -OCH3 is 1. The summed E-state index contributed by atoms with van der Waals surface area (Å²) >= 11 is 1.19. The monoisotopic (exact) mass is 268 g/mol. The molecule has 0 aliphatic rings. The third-order valence-corrected chi connectivity index (χ3v) is 3.07. The predicted octanol–water partition coefficient (Wildman–Crippen LogP) is 0.535. The van der Waals surface area contributed by atoms with E-state index in [9.17, 15) is 4.79 Å². The third-order valence-electron chi connectivity index (χ3n) is 2.04. The van der Waals surface area contributed by atoms with Crippen LogP contribution in [0.2, 0.25) is 0 Å². The van der Waals surface area contributed by atoms with Gasteiger partial charge >= 0.3 is 0 Å². The van der Waals surface area contributed by atoms with E-state index >= 15 is 0 Å². The molecule has 0 spiro atoms. The van der Waals surface area contributed by atoms with E-state index in [2.05, 4.69) is 21.5 Å². The summed E-state index contributed by atoms with van der Waals surface area (Å²) < 4.78 is 4.90. The average Bonchev–Trinajstić information content (AvgIpc) is 2.70. The highest BCUT2D eigenvalue weighted by Crippen LogP contribution is 2.24. The summed E-state index contributed by atoms with van der Waals surface area (Å²) in [6, 6.07) is -0.344. The molecule has 98 valence electrons. The van der Waals surface area contributed by atoms with Gasteiger partial charge in [-0.1, -0.05) is 17.3 Å². The Balaban J connectivity index is 2.66. The first kappa shape index (κ1) is 14.3. The van der Waals surface area contributed by atoms with Crippen molar-refractivity contribution in [1.82, 2.24) is 10.3 Å². The molecule has 0 saturated heterocycles. The second-order valence-electron chi connectivity index (χ2n) is 3.51. The van der Waals surface area contributed by atoms with Crippen LogP contribution in [0.15, 0.2) is 0 Å². The number of nitrogen functional groups attached to an aromatic ring is 1. The molecule has 6 nitrogen and oxygen atoms in total. The van der Waals surface area contributed by atoms with Gasteiger partial charge in [0.2, 0.25) is 0 Å². The first-order chi connectivity index (χ1) is 8.58. The topological polar surface area (TPSA) is 89.3 Å². The van der Waals surface area contributed by atoms with Crippen molar-refractivity contribution in [3.63, 3.8) is 0 Å². The molecule has 0 fully saturated rings. The van der Waals surface area contributed by atoms with Gasteiger partial charge in [-0.05, 0) is 6.92 Å². The summed E-state index contributed by atoms with van der Waals surface area (Å²) in [7, 11) is 1.61. The molecule has 4 N–H and O–H groups in total. The van der Waals surface area contributed by atoms with Crippen molar-refractivity contribution in [2.75, 3.05) is 31.3 Å². The minimum absolute atomic E-state index is 0.196. The average molecular weight is 268 g/mol. The number of nitrogens with one attached hydrogen (secondary N) is 2. The van der Waals surface area contributed by atoms with Gasteiger partial charge < -0.3 is 21.1 Å². The van der Waals surface area contributed by atoms with Crippen molar-refractivity contribution in [1.29, 1.82) is 0 Å². The SMILES string of the molecule is C#CC(C)NC(=O)c1sc(NCCOC)nc1N. The van der Waals surface area contributed by atoms with Crippen LogP contribution >= 0.6 is 11.3 Å². The number of nitrogens with zero attached hydrogens (tertiary/aromatic N) is 1. The number of amides is 1. The highest BCUT2D eigenvalue weighted by atomic mass is 32.1. The van der Waals surface area contributed by atoms with Gasteiger partial charge in [0.1, 0.15) is 10.7 Å². The number of nitrogens with two attached hydrogens (primary N) is 1. The van der Waals surface area contributed by atoms with E-state index in [-0.39, 0.29) is 17.8 Å². The molecule has 1 atom stereocenters. The number of hydrogen-bond donors (Lipinski definition) is 3. The molecule has 0 aliphatic heterocycles. The maximum absolute atomic E-state index is 11.8. The van der Waals surface area contributed by atoms with Gasteiger partial charge in [0.15, 0.2) is 5.13 Å². The van der Waals surface area contributed by atoms with Crippen molar-refractivity contribution in [3.8, 4) is 12.3 Å². The van der Waals surface area contributed by atoms with E-state index < -0.39 is 0 Å². The summed E-state index contributed by atoms with van der Waals surface area (Å²) in [5, 5.41) is 6.23. The van der Waals surface area contributed by atoms with Crippen LogP contribution in [-0.4, -0.2) is 37.2 Å². The van der Waals surface area contributed by atoms with Gasteiger partial charge in [-0.15, -0.1) is 6.42 Å². The molecule has 1 rings (SSSR count). The van der Waals surface area contributed by atoms with E-state index in [0.717, 1.165) is 0 Å². The molecule has 0 bridgehead atoms. The molecule has 7 heteroatoms. The zero-order valence-corrected chi connectivity index (χ0v) is 11.1. The largest absolute Gasteiger partial charge is 0.383 e. The maximum Gasteiger partial charge on any atom is 0.266 e. The van der Waals surface area contributed by atoms with Crippen molar-refractivity contribution in [3.05, 3.63) is 4.88 Å².